The summed E-state index contributed by atoms with van der Waals surface area (Å²) in [7, 11) is 0. The molecular weight excluding hydrogens is 353 g/mol. The summed E-state index contributed by atoms with van der Waals surface area (Å²) in [6.45, 7) is 2.46. The van der Waals surface area contributed by atoms with Crippen LogP contribution in [0.2, 0.25) is 0 Å². The van der Waals surface area contributed by atoms with E-state index in [4.69, 9.17) is 9.84 Å². The monoisotopic (exact) mass is 380 g/mol. The number of nitrogens with one attached hydrogen (secondary N) is 1. The molecular formula is C17H27F3N2O4. The third-order valence-corrected chi connectivity index (χ3v) is 5.60. The van der Waals surface area contributed by atoms with Crippen molar-refractivity contribution in [2.45, 2.75) is 45.2 Å². The van der Waals surface area contributed by atoms with Gasteiger partial charge in [0.05, 0.1) is 11.8 Å². The second-order valence-corrected chi connectivity index (χ2v) is 7.31. The van der Waals surface area contributed by atoms with Gasteiger partial charge >= 0.3 is 18.2 Å². The Labute approximate surface area is 151 Å². The molecule has 0 radical (unpaired) electrons. The molecule has 2 rings (SSSR count). The minimum atomic E-state index is -4.64. The van der Waals surface area contributed by atoms with Crippen molar-refractivity contribution in [2.24, 2.45) is 17.3 Å². The molecule has 0 aromatic heterocycles. The molecule has 0 bridgehead atoms. The number of hydrogen-bond donors (Lipinski definition) is 2. The van der Waals surface area contributed by atoms with Gasteiger partial charge in [0.15, 0.2) is 0 Å². The number of carbonyl (C=O) groups is 2. The number of ether oxygens (including phenoxy) is 1. The minimum Gasteiger partial charge on any atom is -0.481 e. The predicted octanol–water partition coefficient (Wildman–Crippen LogP) is 2.88. The van der Waals surface area contributed by atoms with Crippen LogP contribution in [-0.4, -0.2) is 61.0 Å². The van der Waals surface area contributed by atoms with E-state index >= 15 is 0 Å². The van der Waals surface area contributed by atoms with Gasteiger partial charge in [-0.2, -0.15) is 13.2 Å². The number of urea groups is 1. The molecule has 6 nitrogen and oxygen atoms in total. The van der Waals surface area contributed by atoms with E-state index in [1.165, 1.54) is 0 Å². The highest BCUT2D eigenvalue weighted by atomic mass is 19.4. The van der Waals surface area contributed by atoms with Crippen molar-refractivity contribution in [1.82, 2.24) is 10.2 Å². The van der Waals surface area contributed by atoms with Crippen molar-refractivity contribution in [3.8, 4) is 0 Å². The number of rotatable bonds is 7. The first kappa shape index (κ1) is 20.8. The van der Waals surface area contributed by atoms with Gasteiger partial charge in [-0.1, -0.05) is 12.8 Å². The summed E-state index contributed by atoms with van der Waals surface area (Å²) in [5.41, 5.74) is -0.0832. The first-order valence-electron chi connectivity index (χ1n) is 9.08. The number of alkyl halides is 3. The Balaban J connectivity index is 1.93. The molecule has 0 aromatic rings. The number of halogens is 3. The number of likely N-dealkylation sites (tertiary alicyclic amines) is 1. The van der Waals surface area contributed by atoms with E-state index in [0.717, 1.165) is 37.0 Å². The van der Waals surface area contributed by atoms with Crippen LogP contribution < -0.4 is 5.32 Å². The zero-order chi connectivity index (χ0) is 19.4. The van der Waals surface area contributed by atoms with Crippen LogP contribution in [0.1, 0.15) is 39.0 Å². The quantitative estimate of drug-likeness (QED) is 0.666. The lowest BCUT2D eigenvalue weighted by Gasteiger charge is -2.30. The average molecular weight is 380 g/mol. The van der Waals surface area contributed by atoms with Gasteiger partial charge in [0, 0.05) is 32.8 Å². The Hall–Kier alpha value is -1.51. The fourth-order valence-electron chi connectivity index (χ4n) is 4.00. The summed E-state index contributed by atoms with van der Waals surface area (Å²) in [5.74, 6) is -5.16. The fraction of sp³-hybridized carbons (Fsp3) is 0.882. The lowest BCUT2D eigenvalue weighted by atomic mass is 9.83. The maximum absolute atomic E-state index is 13.0. The van der Waals surface area contributed by atoms with Gasteiger partial charge in [-0.15, -0.1) is 0 Å². The molecule has 0 aromatic carbocycles. The fourth-order valence-corrected chi connectivity index (χ4v) is 4.00. The van der Waals surface area contributed by atoms with E-state index in [9.17, 15) is 22.8 Å². The molecule has 2 N–H and O–H groups in total. The Kier molecular flexibility index (Phi) is 6.76. The molecule has 0 unspecified atom stereocenters. The maximum atomic E-state index is 13.0. The molecule has 2 aliphatic rings. The summed E-state index contributed by atoms with van der Waals surface area (Å²) in [5, 5.41) is 11.8. The SMILES string of the molecule is CCOCCC1(CNC(=O)N2C[C@@H](C(F)(F)F)[C@H](C(=O)O)C2)CCCC1. The third-order valence-electron chi connectivity index (χ3n) is 5.60. The topological polar surface area (TPSA) is 78.9 Å². The van der Waals surface area contributed by atoms with Gasteiger partial charge in [0.1, 0.15) is 0 Å². The van der Waals surface area contributed by atoms with E-state index in [1.54, 1.807) is 0 Å². The Morgan fingerprint density at radius 1 is 1.27 bits per heavy atom. The average Bonchev–Trinajstić information content (AvgIpc) is 3.20. The smallest absolute Gasteiger partial charge is 0.394 e. The van der Waals surface area contributed by atoms with Crippen LogP contribution in [0.4, 0.5) is 18.0 Å². The van der Waals surface area contributed by atoms with Crippen LogP contribution in [0.5, 0.6) is 0 Å². The lowest BCUT2D eigenvalue weighted by molar-refractivity contribution is -0.187. The molecule has 1 saturated carbocycles. The number of carboxylic acids is 1. The second-order valence-electron chi connectivity index (χ2n) is 7.31. The van der Waals surface area contributed by atoms with Gasteiger partial charge in [-0.05, 0) is 31.6 Å². The van der Waals surface area contributed by atoms with Crippen LogP contribution in [-0.2, 0) is 9.53 Å². The largest absolute Gasteiger partial charge is 0.481 e. The summed E-state index contributed by atoms with van der Waals surface area (Å²) >= 11 is 0. The lowest BCUT2D eigenvalue weighted by Crippen LogP contribution is -2.44. The molecule has 150 valence electrons. The summed E-state index contributed by atoms with van der Waals surface area (Å²) < 4.78 is 44.5. The molecule has 26 heavy (non-hydrogen) atoms. The standard InChI is InChI=1S/C17H27F3N2O4/c1-2-26-8-7-16(5-3-4-6-16)11-21-15(25)22-9-12(14(23)24)13(10-22)17(18,19)20/h12-13H,2-11H2,1H3,(H,21,25)(H,23,24)/t12-,13-/m1/s1. The van der Waals surface area contributed by atoms with Crippen molar-refractivity contribution < 1.29 is 32.6 Å². The van der Waals surface area contributed by atoms with Gasteiger partial charge < -0.3 is 20.1 Å². The molecule has 0 spiro atoms. The summed E-state index contributed by atoms with van der Waals surface area (Å²) in [6.07, 6.45) is 0.171. The highest BCUT2D eigenvalue weighted by Gasteiger charge is 2.53. The summed E-state index contributed by atoms with van der Waals surface area (Å²) in [6, 6.07) is -0.620. The molecule has 2 fully saturated rings. The van der Waals surface area contributed by atoms with Gasteiger partial charge in [-0.25, -0.2) is 4.79 Å². The number of carboxylic acid groups (broad SMARTS) is 1. The van der Waals surface area contributed by atoms with Crippen molar-refractivity contribution in [1.29, 1.82) is 0 Å². The number of aliphatic carboxylic acids is 1. The van der Waals surface area contributed by atoms with Crippen LogP contribution >= 0.6 is 0 Å². The van der Waals surface area contributed by atoms with Crippen molar-refractivity contribution in [2.75, 3.05) is 32.8 Å². The van der Waals surface area contributed by atoms with E-state index in [0.29, 0.717) is 19.8 Å². The zero-order valence-corrected chi connectivity index (χ0v) is 15.0. The number of carbonyl (C=O) groups excluding carboxylic acids is 1. The molecule has 2 amide bonds. The Bertz CT molecular complexity index is 507. The molecule has 9 heteroatoms. The van der Waals surface area contributed by atoms with E-state index < -0.39 is 43.1 Å². The van der Waals surface area contributed by atoms with Crippen LogP contribution in [0.15, 0.2) is 0 Å². The van der Waals surface area contributed by atoms with Crippen LogP contribution in [0.3, 0.4) is 0 Å². The second kappa shape index (κ2) is 8.45. The highest BCUT2D eigenvalue weighted by molar-refractivity contribution is 5.77. The number of amides is 2. The van der Waals surface area contributed by atoms with E-state index in [-0.39, 0.29) is 5.41 Å². The first-order valence-corrected chi connectivity index (χ1v) is 9.08. The summed E-state index contributed by atoms with van der Waals surface area (Å²) in [4.78, 5) is 24.4. The van der Waals surface area contributed by atoms with Crippen molar-refractivity contribution >= 4 is 12.0 Å². The maximum Gasteiger partial charge on any atom is 0.394 e. The number of hydrogen-bond acceptors (Lipinski definition) is 3. The van der Waals surface area contributed by atoms with E-state index in [2.05, 4.69) is 5.32 Å². The van der Waals surface area contributed by atoms with Gasteiger partial charge in [0.25, 0.3) is 0 Å². The molecule has 2 atom stereocenters. The van der Waals surface area contributed by atoms with Crippen molar-refractivity contribution in [3.05, 3.63) is 0 Å². The first-order chi connectivity index (χ1) is 12.2. The zero-order valence-electron chi connectivity index (χ0n) is 15.0. The van der Waals surface area contributed by atoms with Crippen LogP contribution in [0.25, 0.3) is 0 Å². The molecule has 1 heterocycles. The minimum absolute atomic E-state index is 0.0832. The highest BCUT2D eigenvalue weighted by Crippen LogP contribution is 2.41. The van der Waals surface area contributed by atoms with Gasteiger partial charge in [0.2, 0.25) is 0 Å². The van der Waals surface area contributed by atoms with Gasteiger partial charge in [-0.3, -0.25) is 4.79 Å². The Morgan fingerprint density at radius 3 is 2.42 bits per heavy atom. The van der Waals surface area contributed by atoms with Crippen molar-refractivity contribution in [3.63, 3.8) is 0 Å². The predicted molar refractivity (Wildman–Crippen MR) is 87.7 cm³/mol. The third kappa shape index (κ3) is 5.02. The molecule has 1 aliphatic heterocycles. The molecule has 1 saturated heterocycles. The van der Waals surface area contributed by atoms with E-state index in [1.807, 2.05) is 6.92 Å². The normalized spacial score (nSPS) is 25.5. The van der Waals surface area contributed by atoms with Crippen LogP contribution in [0, 0.1) is 17.3 Å². The Morgan fingerprint density at radius 2 is 1.92 bits per heavy atom. The molecule has 1 aliphatic carbocycles. The number of nitrogens with zero attached hydrogens (tertiary/aromatic N) is 1.